The van der Waals surface area contributed by atoms with E-state index in [-0.39, 0.29) is 78.7 Å². The second-order valence-electron chi connectivity index (χ2n) is 17.4. The van der Waals surface area contributed by atoms with E-state index in [0.29, 0.717) is 18.5 Å². The number of carbonyl (C=O) groups is 6. The average Bonchev–Trinajstić information content (AvgIpc) is 4.20. The molecular weight excluding hydrogens is 781 g/mol. The summed E-state index contributed by atoms with van der Waals surface area (Å²) < 4.78 is 0. The van der Waals surface area contributed by atoms with Crippen LogP contribution in [0.4, 0.5) is 0 Å². The summed E-state index contributed by atoms with van der Waals surface area (Å²) in [7, 11) is 0. The molecule has 7 atom stereocenters. The lowest BCUT2D eigenvalue weighted by atomic mass is 9.94. The van der Waals surface area contributed by atoms with Gasteiger partial charge in [0.1, 0.15) is 6.04 Å². The number of unbranched alkanes of at least 4 members (excludes halogenated alkanes) is 8. The maximum Gasteiger partial charge on any atom is 0.253 e. The molecule has 2 aliphatic carbocycles. The Hall–Kier alpha value is -5.52. The van der Waals surface area contributed by atoms with Crippen molar-refractivity contribution >= 4 is 35.4 Å². The molecule has 3 fully saturated rings. The predicted molar refractivity (Wildman–Crippen MR) is 240 cm³/mol. The molecule has 3 aromatic carbocycles. The molecule has 62 heavy (non-hydrogen) atoms. The van der Waals surface area contributed by atoms with Gasteiger partial charge in [-0.05, 0) is 61.1 Å². The number of benzene rings is 3. The van der Waals surface area contributed by atoms with Gasteiger partial charge in [-0.1, -0.05) is 126 Å². The van der Waals surface area contributed by atoms with E-state index in [1.807, 2.05) is 36.4 Å². The number of rotatable bonds is 24. The zero-order valence-electron chi connectivity index (χ0n) is 36.5. The maximum absolute atomic E-state index is 14.0. The topological polar surface area (TPSA) is 166 Å². The standard InChI is InChI=1S/C50H66N6O6/c1-3-5-7-9-10-17-23-45(57)53-44(49(61)51-28-18-8-6-4-2)31-52-46(58)36-24-26-37(27-25-36)50(62)56-32-40(47(59)54-42-29-38(42)34-19-13-11-14-20-34)41(33-56)48(60)55-43-30-39(43)35-21-15-12-16-22-35/h11-16,19-22,24-27,38-44H,3-10,17-18,23,28-33H2,1-2H3,(H,51,61)(H,52,58)(H,53,57)(H,54,59)(H,55,60)/t38-,39-,40-,41-,42+,43+,44+/m1/s1. The van der Waals surface area contributed by atoms with Gasteiger partial charge in [0.2, 0.25) is 23.6 Å². The van der Waals surface area contributed by atoms with E-state index in [0.717, 1.165) is 81.8 Å². The lowest BCUT2D eigenvalue weighted by Gasteiger charge is -2.19. The molecule has 0 spiro atoms. The average molecular weight is 847 g/mol. The van der Waals surface area contributed by atoms with Crippen LogP contribution >= 0.6 is 0 Å². The van der Waals surface area contributed by atoms with E-state index in [4.69, 9.17) is 0 Å². The summed E-state index contributed by atoms with van der Waals surface area (Å²) in [4.78, 5) is 82.6. The summed E-state index contributed by atoms with van der Waals surface area (Å²) in [5.74, 6) is -2.81. The van der Waals surface area contributed by atoms with Gasteiger partial charge in [-0.25, -0.2) is 0 Å². The molecule has 5 N–H and O–H groups in total. The fourth-order valence-corrected chi connectivity index (χ4v) is 8.60. The number of nitrogens with one attached hydrogen (secondary N) is 5. The van der Waals surface area contributed by atoms with Crippen LogP contribution in [-0.4, -0.2) is 84.6 Å². The fourth-order valence-electron chi connectivity index (χ4n) is 8.60. The van der Waals surface area contributed by atoms with Gasteiger partial charge in [0.15, 0.2) is 0 Å². The Labute approximate surface area is 367 Å². The summed E-state index contributed by atoms with van der Waals surface area (Å²) in [6.45, 7) is 4.86. The number of amides is 6. The van der Waals surface area contributed by atoms with Crippen LogP contribution in [-0.2, 0) is 19.2 Å². The van der Waals surface area contributed by atoms with E-state index < -0.39 is 23.8 Å². The van der Waals surface area contributed by atoms with Crippen molar-refractivity contribution in [1.29, 1.82) is 0 Å². The lowest BCUT2D eigenvalue weighted by Crippen LogP contribution is -2.52. The molecule has 3 aliphatic rings. The Bertz CT molecular complexity index is 1880. The van der Waals surface area contributed by atoms with Crippen molar-refractivity contribution in [1.82, 2.24) is 31.5 Å². The zero-order chi connectivity index (χ0) is 43.8. The second-order valence-corrected chi connectivity index (χ2v) is 17.4. The van der Waals surface area contributed by atoms with Gasteiger partial charge < -0.3 is 31.5 Å². The van der Waals surface area contributed by atoms with E-state index in [1.165, 1.54) is 6.42 Å². The molecule has 1 heterocycles. The largest absolute Gasteiger partial charge is 0.354 e. The molecule has 3 aromatic rings. The molecule has 1 saturated heterocycles. The van der Waals surface area contributed by atoms with Crippen LogP contribution in [0, 0.1) is 11.8 Å². The zero-order valence-corrected chi connectivity index (χ0v) is 36.5. The minimum Gasteiger partial charge on any atom is -0.354 e. The molecule has 0 unspecified atom stereocenters. The minimum atomic E-state index is -0.933. The third-order valence-electron chi connectivity index (χ3n) is 12.6. The van der Waals surface area contributed by atoms with Gasteiger partial charge in [0, 0.05) is 67.6 Å². The van der Waals surface area contributed by atoms with E-state index >= 15 is 0 Å². The van der Waals surface area contributed by atoms with Gasteiger partial charge in [-0.2, -0.15) is 0 Å². The molecule has 0 bridgehead atoms. The fraction of sp³-hybridized carbons (Fsp3) is 0.520. The van der Waals surface area contributed by atoms with Crippen molar-refractivity contribution in [3.8, 4) is 0 Å². The van der Waals surface area contributed by atoms with Crippen LogP contribution < -0.4 is 26.6 Å². The summed E-state index contributed by atoms with van der Waals surface area (Å²) in [6, 6.07) is 25.3. The van der Waals surface area contributed by atoms with Crippen molar-refractivity contribution in [2.45, 2.75) is 127 Å². The van der Waals surface area contributed by atoms with Crippen molar-refractivity contribution in [2.75, 3.05) is 26.2 Å². The van der Waals surface area contributed by atoms with Gasteiger partial charge >= 0.3 is 0 Å². The third-order valence-corrected chi connectivity index (χ3v) is 12.6. The molecule has 1 aliphatic heterocycles. The van der Waals surface area contributed by atoms with E-state index in [1.54, 1.807) is 29.2 Å². The molecule has 12 heteroatoms. The van der Waals surface area contributed by atoms with Crippen LogP contribution in [0.2, 0.25) is 0 Å². The van der Waals surface area contributed by atoms with Crippen molar-refractivity contribution in [2.24, 2.45) is 11.8 Å². The monoisotopic (exact) mass is 847 g/mol. The lowest BCUT2D eigenvalue weighted by molar-refractivity contribution is -0.133. The number of hydrogen-bond donors (Lipinski definition) is 5. The molecule has 2 saturated carbocycles. The van der Waals surface area contributed by atoms with Crippen molar-refractivity contribution in [3.05, 3.63) is 107 Å². The number of likely N-dealkylation sites (tertiary alicyclic amines) is 1. The number of carbonyl (C=O) groups excluding carboxylic acids is 6. The van der Waals surface area contributed by atoms with Crippen LogP contribution in [0.15, 0.2) is 84.9 Å². The van der Waals surface area contributed by atoms with Gasteiger partial charge in [0.05, 0.1) is 11.8 Å². The molecule has 332 valence electrons. The molecular formula is C50H66N6O6. The summed E-state index contributed by atoms with van der Waals surface area (Å²) in [5, 5.41) is 14.9. The third kappa shape index (κ3) is 13.2. The van der Waals surface area contributed by atoms with Crippen LogP contribution in [0.1, 0.15) is 141 Å². The summed E-state index contributed by atoms with van der Waals surface area (Å²) in [5.41, 5.74) is 2.93. The Kier molecular flexibility index (Phi) is 17.1. The van der Waals surface area contributed by atoms with Crippen molar-refractivity contribution in [3.63, 3.8) is 0 Å². The number of hydrogen-bond acceptors (Lipinski definition) is 6. The van der Waals surface area contributed by atoms with Crippen LogP contribution in [0.3, 0.4) is 0 Å². The highest BCUT2D eigenvalue weighted by Crippen LogP contribution is 2.42. The normalized spacial score (nSPS) is 21.6. The van der Waals surface area contributed by atoms with Crippen LogP contribution in [0.5, 0.6) is 0 Å². The molecule has 6 amide bonds. The first kappa shape index (κ1) is 46.0. The van der Waals surface area contributed by atoms with Crippen molar-refractivity contribution < 1.29 is 28.8 Å². The van der Waals surface area contributed by atoms with Gasteiger partial charge in [-0.3, -0.25) is 28.8 Å². The quantitative estimate of drug-likeness (QED) is 0.0657. The highest BCUT2D eigenvalue weighted by atomic mass is 16.2. The molecule has 0 aromatic heterocycles. The smallest absolute Gasteiger partial charge is 0.253 e. The van der Waals surface area contributed by atoms with E-state index in [2.05, 4.69) is 64.7 Å². The Balaban J connectivity index is 1.05. The summed E-state index contributed by atoms with van der Waals surface area (Å²) >= 11 is 0. The SMILES string of the molecule is CCCCCCCCC(=O)N[C@@H](CNC(=O)c1ccc(C(=O)N2C[C@@H](C(=O)N[C@H]3C[C@@H]3c3ccccc3)[C@H](C(=O)N[C@H]3C[C@@H]3c3ccccc3)C2)cc1)C(=O)NCCCCCC. The van der Waals surface area contributed by atoms with Gasteiger partial charge in [0.25, 0.3) is 11.8 Å². The first-order valence-corrected chi connectivity index (χ1v) is 23.1. The predicted octanol–water partition coefficient (Wildman–Crippen LogP) is 6.38. The first-order chi connectivity index (χ1) is 30.2. The minimum absolute atomic E-state index is 0.0236. The Morgan fingerprint density at radius 2 is 1.10 bits per heavy atom. The highest BCUT2D eigenvalue weighted by molar-refractivity contribution is 5.99. The molecule has 0 radical (unpaired) electrons. The highest BCUT2D eigenvalue weighted by Gasteiger charge is 2.49. The Morgan fingerprint density at radius 1 is 0.597 bits per heavy atom. The first-order valence-electron chi connectivity index (χ1n) is 23.1. The van der Waals surface area contributed by atoms with E-state index in [9.17, 15) is 28.8 Å². The molecule has 6 rings (SSSR count). The Morgan fingerprint density at radius 3 is 1.65 bits per heavy atom. The summed E-state index contributed by atoms with van der Waals surface area (Å²) in [6.07, 6.45) is 12.2. The molecule has 12 nitrogen and oxygen atoms in total. The number of nitrogens with zero attached hydrogens (tertiary/aromatic N) is 1. The van der Waals surface area contributed by atoms with Crippen LogP contribution in [0.25, 0.3) is 0 Å². The maximum atomic E-state index is 14.0. The second kappa shape index (κ2) is 23.1. The van der Waals surface area contributed by atoms with Gasteiger partial charge in [-0.15, -0.1) is 0 Å².